The van der Waals surface area contributed by atoms with Crippen LogP contribution >= 0.6 is 0 Å². The smallest absolute Gasteiger partial charge is 0.228 e. The first kappa shape index (κ1) is 27.2. The van der Waals surface area contributed by atoms with Crippen LogP contribution in [0.2, 0.25) is 0 Å². The molecule has 2 saturated heterocycles. The van der Waals surface area contributed by atoms with Crippen LogP contribution in [0.25, 0.3) is 0 Å². The lowest BCUT2D eigenvalue weighted by Gasteiger charge is -2.41. The Morgan fingerprint density at radius 3 is 2.53 bits per heavy atom. The number of hydrogen-bond donors (Lipinski definition) is 2. The van der Waals surface area contributed by atoms with E-state index in [0.717, 1.165) is 83.1 Å². The second-order valence-electron chi connectivity index (χ2n) is 11.5. The van der Waals surface area contributed by atoms with Crippen molar-refractivity contribution in [1.82, 2.24) is 20.2 Å². The zero-order valence-corrected chi connectivity index (χ0v) is 23.5. The number of anilines is 2. The number of rotatable bonds is 10. The molecule has 0 radical (unpaired) electrons. The van der Waals surface area contributed by atoms with Gasteiger partial charge in [-0.3, -0.25) is 5.32 Å². The number of nitrogens with zero attached hydrogens (tertiary/aromatic N) is 5. The van der Waals surface area contributed by atoms with E-state index in [-0.39, 0.29) is 12.2 Å². The van der Waals surface area contributed by atoms with Crippen molar-refractivity contribution in [2.45, 2.75) is 83.0 Å². The highest BCUT2D eigenvalue weighted by Crippen LogP contribution is 2.33. The highest BCUT2D eigenvalue weighted by Gasteiger charge is 2.33. The molecule has 3 heterocycles. The highest BCUT2D eigenvalue weighted by atomic mass is 16.5. The summed E-state index contributed by atoms with van der Waals surface area (Å²) in [6.07, 6.45) is 11.6. The summed E-state index contributed by atoms with van der Waals surface area (Å²) in [5, 5.41) is 3.76. The molecule has 0 bridgehead atoms. The zero-order chi connectivity index (χ0) is 26.3. The average molecular weight is 522 g/mol. The predicted octanol–water partition coefficient (Wildman–Crippen LogP) is 3.72. The first-order valence-electron chi connectivity index (χ1n) is 14.9. The van der Waals surface area contributed by atoms with Gasteiger partial charge in [-0.2, -0.15) is 4.98 Å². The van der Waals surface area contributed by atoms with E-state index >= 15 is 0 Å². The van der Waals surface area contributed by atoms with Crippen molar-refractivity contribution in [3.8, 4) is 5.75 Å². The van der Waals surface area contributed by atoms with E-state index in [0.29, 0.717) is 0 Å². The molecule has 3 aliphatic rings. The zero-order valence-electron chi connectivity index (χ0n) is 23.5. The van der Waals surface area contributed by atoms with Crippen molar-refractivity contribution in [2.24, 2.45) is 5.73 Å². The number of aromatic nitrogens is 2. The van der Waals surface area contributed by atoms with Crippen molar-refractivity contribution in [3.05, 3.63) is 41.1 Å². The number of nitrogens with two attached hydrogens (primary N) is 1. The molecule has 5 rings (SSSR count). The van der Waals surface area contributed by atoms with E-state index in [9.17, 15) is 0 Å². The van der Waals surface area contributed by atoms with Gasteiger partial charge in [0.1, 0.15) is 11.6 Å². The SMILES string of the molecule is CN(C)CCCOc1ccc(CNC2C(N)CCCN2c2nc3c(c(N4CCCCCC4)n2)CCC3)cc1. The molecule has 1 aromatic heterocycles. The van der Waals surface area contributed by atoms with Crippen molar-refractivity contribution < 1.29 is 4.74 Å². The topological polar surface area (TPSA) is 82.8 Å². The Morgan fingerprint density at radius 1 is 0.974 bits per heavy atom. The summed E-state index contributed by atoms with van der Waals surface area (Å²) in [6.45, 7) is 5.68. The molecule has 2 fully saturated rings. The van der Waals surface area contributed by atoms with Crippen molar-refractivity contribution in [1.29, 1.82) is 0 Å². The summed E-state index contributed by atoms with van der Waals surface area (Å²) in [6, 6.07) is 8.48. The van der Waals surface area contributed by atoms with Crippen LogP contribution in [-0.2, 0) is 19.4 Å². The summed E-state index contributed by atoms with van der Waals surface area (Å²) >= 11 is 0. The molecular formula is C30H47N7O. The van der Waals surface area contributed by atoms with Gasteiger partial charge in [0.05, 0.1) is 18.5 Å². The molecule has 2 aromatic rings. The maximum Gasteiger partial charge on any atom is 0.228 e. The second kappa shape index (κ2) is 13.1. The Bertz CT molecular complexity index is 1020. The molecule has 8 heteroatoms. The van der Waals surface area contributed by atoms with Crippen LogP contribution in [0.15, 0.2) is 24.3 Å². The summed E-state index contributed by atoms with van der Waals surface area (Å²) in [4.78, 5) is 17.4. The van der Waals surface area contributed by atoms with E-state index in [1.165, 1.54) is 54.7 Å². The molecule has 2 aliphatic heterocycles. The van der Waals surface area contributed by atoms with Gasteiger partial charge in [0.25, 0.3) is 0 Å². The summed E-state index contributed by atoms with van der Waals surface area (Å²) in [7, 11) is 4.18. The predicted molar refractivity (Wildman–Crippen MR) is 155 cm³/mol. The fourth-order valence-corrected chi connectivity index (χ4v) is 6.08. The van der Waals surface area contributed by atoms with Gasteiger partial charge in [-0.25, -0.2) is 4.98 Å². The average Bonchev–Trinajstić information content (AvgIpc) is 3.23. The lowest BCUT2D eigenvalue weighted by atomic mass is 10.0. The van der Waals surface area contributed by atoms with Crippen LogP contribution in [0.3, 0.4) is 0 Å². The minimum Gasteiger partial charge on any atom is -0.494 e. The van der Waals surface area contributed by atoms with E-state index in [1.54, 1.807) is 0 Å². The third kappa shape index (κ3) is 6.77. The third-order valence-corrected chi connectivity index (χ3v) is 8.20. The minimum atomic E-state index is 0.0159. The maximum atomic E-state index is 6.70. The van der Waals surface area contributed by atoms with Crippen LogP contribution < -0.4 is 25.6 Å². The quantitative estimate of drug-likeness (QED) is 0.458. The van der Waals surface area contributed by atoms with Gasteiger partial charge in [0.15, 0.2) is 0 Å². The monoisotopic (exact) mass is 521 g/mol. The number of fused-ring (bicyclic) bond motifs is 1. The molecule has 2 atom stereocenters. The van der Waals surface area contributed by atoms with Crippen molar-refractivity contribution in [3.63, 3.8) is 0 Å². The lowest BCUT2D eigenvalue weighted by Crippen LogP contribution is -2.59. The normalized spacial score (nSPS) is 22.0. The van der Waals surface area contributed by atoms with Gasteiger partial charge in [-0.1, -0.05) is 25.0 Å². The molecule has 2 unspecified atom stereocenters. The number of benzene rings is 1. The minimum absolute atomic E-state index is 0.0159. The Hall–Kier alpha value is -2.42. The van der Waals surface area contributed by atoms with Crippen LogP contribution in [-0.4, -0.2) is 74.0 Å². The first-order valence-corrected chi connectivity index (χ1v) is 14.9. The number of piperidine rings is 1. The fourth-order valence-electron chi connectivity index (χ4n) is 6.08. The molecule has 3 N–H and O–H groups in total. The third-order valence-electron chi connectivity index (χ3n) is 8.20. The van der Waals surface area contributed by atoms with E-state index < -0.39 is 0 Å². The Labute approximate surface area is 228 Å². The van der Waals surface area contributed by atoms with Gasteiger partial charge < -0.3 is 25.2 Å². The molecule has 0 saturated carbocycles. The van der Waals surface area contributed by atoms with Crippen LogP contribution in [0.5, 0.6) is 5.75 Å². The summed E-state index contributed by atoms with van der Waals surface area (Å²) < 4.78 is 5.91. The Balaban J connectivity index is 1.27. The van der Waals surface area contributed by atoms with Crippen molar-refractivity contribution in [2.75, 3.05) is 56.7 Å². The van der Waals surface area contributed by atoms with Gasteiger partial charge in [0, 0.05) is 44.3 Å². The van der Waals surface area contributed by atoms with Crippen molar-refractivity contribution >= 4 is 11.8 Å². The van der Waals surface area contributed by atoms with E-state index in [2.05, 4.69) is 58.4 Å². The maximum absolute atomic E-state index is 6.70. The molecule has 208 valence electrons. The molecule has 8 nitrogen and oxygen atoms in total. The van der Waals surface area contributed by atoms with E-state index in [4.69, 9.17) is 20.4 Å². The number of hydrogen-bond acceptors (Lipinski definition) is 8. The molecular weight excluding hydrogens is 474 g/mol. The van der Waals surface area contributed by atoms with Gasteiger partial charge in [-0.15, -0.1) is 0 Å². The van der Waals surface area contributed by atoms with Crippen LogP contribution in [0.4, 0.5) is 11.8 Å². The number of ether oxygens (including phenoxy) is 1. The number of nitrogens with one attached hydrogen (secondary N) is 1. The molecule has 0 amide bonds. The first-order chi connectivity index (χ1) is 18.6. The Kier molecular flexibility index (Phi) is 9.35. The van der Waals surface area contributed by atoms with Gasteiger partial charge in [0.2, 0.25) is 5.95 Å². The summed E-state index contributed by atoms with van der Waals surface area (Å²) in [5.74, 6) is 2.98. The summed E-state index contributed by atoms with van der Waals surface area (Å²) in [5.41, 5.74) is 10.6. The molecule has 1 aliphatic carbocycles. The Morgan fingerprint density at radius 2 is 1.76 bits per heavy atom. The number of aryl methyl sites for hydroxylation is 1. The van der Waals surface area contributed by atoms with Crippen LogP contribution in [0.1, 0.15) is 68.2 Å². The second-order valence-corrected chi connectivity index (χ2v) is 11.5. The molecule has 38 heavy (non-hydrogen) atoms. The molecule has 1 aromatic carbocycles. The lowest BCUT2D eigenvalue weighted by molar-refractivity contribution is 0.281. The van der Waals surface area contributed by atoms with Gasteiger partial charge >= 0.3 is 0 Å². The van der Waals surface area contributed by atoms with Crippen LogP contribution in [0, 0.1) is 0 Å². The molecule has 0 spiro atoms. The van der Waals surface area contributed by atoms with E-state index in [1.807, 2.05) is 0 Å². The highest BCUT2D eigenvalue weighted by molar-refractivity contribution is 5.55. The van der Waals surface area contributed by atoms with Gasteiger partial charge in [-0.05, 0) is 83.2 Å². The fraction of sp³-hybridized carbons (Fsp3) is 0.667. The standard InChI is InChI=1S/C30H47N7O/c1-35(2)17-9-21-38-24-15-13-23(14-16-24)22-32-29-26(31)11-8-20-37(29)30-33-27-12-7-10-25(27)28(34-30)36-18-5-3-4-6-19-36/h13-16,26,29,32H,3-12,17-22,31H2,1-2H3. The largest absolute Gasteiger partial charge is 0.494 e.